The van der Waals surface area contributed by atoms with Gasteiger partial charge in [0.2, 0.25) is 0 Å². The fraction of sp³-hybridized carbons (Fsp3) is 0.0909. The third-order valence-corrected chi connectivity index (χ3v) is 6.12. The summed E-state index contributed by atoms with van der Waals surface area (Å²) in [4.78, 5) is 12.0. The number of nitrogens with one attached hydrogen (secondary N) is 2. The molecule has 0 heterocycles. The lowest BCUT2D eigenvalue weighted by Crippen LogP contribution is -2.25. The zero-order valence-corrected chi connectivity index (χ0v) is 21.9. The Morgan fingerprint density at radius 3 is 2.16 bits per heavy atom. The Balaban J connectivity index is 1.52. The van der Waals surface area contributed by atoms with Crippen molar-refractivity contribution in [2.45, 2.75) is 6.61 Å². The van der Waals surface area contributed by atoms with Gasteiger partial charge in [-0.3, -0.25) is 4.79 Å². The minimum atomic E-state index is -0.251. The van der Waals surface area contributed by atoms with E-state index in [0.29, 0.717) is 16.7 Å². The molecule has 5 nitrogen and oxygen atoms in total. The quantitative estimate of drug-likeness (QED) is 0.166. The number of anilines is 1. The molecule has 1 amide bonds. The van der Waals surface area contributed by atoms with Gasteiger partial charge in [0.15, 0.2) is 0 Å². The van der Waals surface area contributed by atoms with Gasteiger partial charge in [-0.15, -0.1) is 0 Å². The second-order valence-electron chi connectivity index (χ2n) is 6.38. The summed E-state index contributed by atoms with van der Waals surface area (Å²) in [5, 5.41) is 8.38. The lowest BCUT2D eigenvalue weighted by molar-refractivity contribution is -0.119. The molecule has 0 saturated carbocycles. The maximum Gasteiger partial charge on any atom is 0.259 e. The number of carbonyl (C=O) groups is 1. The van der Waals surface area contributed by atoms with Gasteiger partial charge in [-0.2, -0.15) is 5.10 Å². The molecule has 0 bridgehead atoms. The first-order valence-electron chi connectivity index (χ1n) is 9.08. The Labute approximate surface area is 217 Å². The smallest absolute Gasteiger partial charge is 0.259 e. The molecule has 31 heavy (non-hydrogen) atoms. The summed E-state index contributed by atoms with van der Waals surface area (Å²) in [5.74, 6) is 0.558. The topological polar surface area (TPSA) is 62.7 Å². The lowest BCUT2D eigenvalue weighted by atomic mass is 10.2. The van der Waals surface area contributed by atoms with Crippen molar-refractivity contribution >= 4 is 86.2 Å². The Bertz CT molecular complexity index is 1050. The average Bonchev–Trinajstić information content (AvgIpc) is 2.74. The third kappa shape index (κ3) is 7.81. The van der Waals surface area contributed by atoms with E-state index in [-0.39, 0.29) is 12.5 Å². The van der Waals surface area contributed by atoms with Crippen LogP contribution in [-0.2, 0) is 11.4 Å². The van der Waals surface area contributed by atoms with Crippen LogP contribution in [-0.4, -0.2) is 18.7 Å². The highest BCUT2D eigenvalue weighted by atomic mass is 127. The lowest BCUT2D eigenvalue weighted by Gasteiger charge is -2.11. The van der Waals surface area contributed by atoms with Crippen LogP contribution in [0.4, 0.5) is 5.69 Å². The van der Waals surface area contributed by atoms with Gasteiger partial charge in [0.25, 0.3) is 5.91 Å². The number of halogens is 4. The summed E-state index contributed by atoms with van der Waals surface area (Å²) in [7, 11) is 0. The highest BCUT2D eigenvalue weighted by Gasteiger charge is 2.09. The number of amides is 1. The van der Waals surface area contributed by atoms with Crippen LogP contribution in [0.3, 0.4) is 0 Å². The number of ether oxygens (including phenoxy) is 1. The van der Waals surface area contributed by atoms with Crippen LogP contribution in [0.15, 0.2) is 65.8 Å². The maximum atomic E-state index is 12.0. The molecule has 0 aliphatic carbocycles. The molecule has 0 atom stereocenters. The van der Waals surface area contributed by atoms with Crippen molar-refractivity contribution in [1.82, 2.24) is 5.43 Å². The molecular weight excluding hydrogens is 663 g/mol. The second kappa shape index (κ2) is 11.9. The molecule has 160 valence electrons. The Kier molecular flexibility index (Phi) is 9.24. The van der Waals surface area contributed by atoms with Crippen LogP contribution in [0.25, 0.3) is 0 Å². The van der Waals surface area contributed by atoms with Crippen molar-refractivity contribution in [3.05, 3.63) is 89.0 Å². The van der Waals surface area contributed by atoms with Gasteiger partial charge in [-0.25, -0.2) is 5.43 Å². The van der Waals surface area contributed by atoms with E-state index in [1.807, 2.05) is 36.4 Å². The predicted octanol–water partition coefficient (Wildman–Crippen LogP) is 6.34. The van der Waals surface area contributed by atoms with Gasteiger partial charge in [-0.1, -0.05) is 35.3 Å². The van der Waals surface area contributed by atoms with Crippen LogP contribution in [0.5, 0.6) is 5.75 Å². The van der Waals surface area contributed by atoms with Gasteiger partial charge in [0.1, 0.15) is 12.4 Å². The predicted molar refractivity (Wildman–Crippen MR) is 143 cm³/mol. The summed E-state index contributed by atoms with van der Waals surface area (Å²) in [6, 6.07) is 18.6. The van der Waals surface area contributed by atoms with Gasteiger partial charge < -0.3 is 10.1 Å². The minimum Gasteiger partial charge on any atom is -0.487 e. The van der Waals surface area contributed by atoms with Crippen LogP contribution in [0.1, 0.15) is 11.1 Å². The molecule has 0 aliphatic heterocycles. The fourth-order valence-corrected chi connectivity index (χ4v) is 4.88. The highest BCUT2D eigenvalue weighted by Crippen LogP contribution is 2.29. The molecule has 0 saturated heterocycles. The number of benzene rings is 3. The van der Waals surface area contributed by atoms with Gasteiger partial charge in [0.05, 0.1) is 19.9 Å². The molecule has 0 aliphatic rings. The zero-order valence-electron chi connectivity index (χ0n) is 16.0. The van der Waals surface area contributed by atoms with E-state index in [4.69, 9.17) is 27.9 Å². The van der Waals surface area contributed by atoms with E-state index in [1.54, 1.807) is 30.5 Å². The highest BCUT2D eigenvalue weighted by molar-refractivity contribution is 14.1. The Morgan fingerprint density at radius 2 is 1.55 bits per heavy atom. The molecule has 0 spiro atoms. The molecule has 0 unspecified atom stereocenters. The number of rotatable bonds is 8. The van der Waals surface area contributed by atoms with Crippen LogP contribution >= 0.6 is 68.4 Å². The molecule has 9 heteroatoms. The van der Waals surface area contributed by atoms with Crippen molar-refractivity contribution in [3.63, 3.8) is 0 Å². The second-order valence-corrected chi connectivity index (χ2v) is 9.58. The van der Waals surface area contributed by atoms with E-state index >= 15 is 0 Å². The number of carbonyl (C=O) groups excluding carboxylic acids is 1. The van der Waals surface area contributed by atoms with Crippen molar-refractivity contribution < 1.29 is 9.53 Å². The number of nitrogens with zero attached hydrogens (tertiary/aromatic N) is 1. The number of hydrazone groups is 1. The van der Waals surface area contributed by atoms with Crippen LogP contribution < -0.4 is 15.5 Å². The van der Waals surface area contributed by atoms with Crippen molar-refractivity contribution in [3.8, 4) is 5.75 Å². The molecule has 3 aromatic carbocycles. The van der Waals surface area contributed by atoms with Gasteiger partial charge in [-0.05, 0) is 105 Å². The first kappa shape index (κ1) is 24.1. The summed E-state index contributed by atoms with van der Waals surface area (Å²) < 4.78 is 7.89. The van der Waals surface area contributed by atoms with Gasteiger partial charge >= 0.3 is 0 Å². The standard InChI is InChI=1S/C22H17Cl2I2N3O2/c23-16-3-1-14(2-4-16)13-31-22-19(25)9-15(10-20(22)26)11-28-29-21(30)12-27-18-7-5-17(24)6-8-18/h1-11,27H,12-13H2,(H,29,30)/b28-11-. The van der Waals surface area contributed by atoms with Crippen molar-refractivity contribution in [2.75, 3.05) is 11.9 Å². The first-order valence-corrected chi connectivity index (χ1v) is 12.0. The Morgan fingerprint density at radius 1 is 0.968 bits per heavy atom. The molecule has 3 aromatic rings. The maximum absolute atomic E-state index is 12.0. The van der Waals surface area contributed by atoms with Crippen molar-refractivity contribution in [1.29, 1.82) is 0 Å². The van der Waals surface area contributed by atoms with Crippen molar-refractivity contribution in [2.24, 2.45) is 5.10 Å². The van der Waals surface area contributed by atoms with E-state index in [1.165, 1.54) is 0 Å². The summed E-state index contributed by atoms with van der Waals surface area (Å²) in [6.45, 7) is 0.554. The summed E-state index contributed by atoms with van der Waals surface area (Å²) in [6.07, 6.45) is 1.60. The molecular formula is C22H17Cl2I2N3O2. The number of hydrogen-bond acceptors (Lipinski definition) is 4. The third-order valence-electron chi connectivity index (χ3n) is 4.02. The van der Waals surface area contributed by atoms with Crippen LogP contribution in [0.2, 0.25) is 10.0 Å². The Hall–Kier alpha value is -1.56. The molecule has 0 aromatic heterocycles. The normalized spacial score (nSPS) is 10.8. The molecule has 2 N–H and O–H groups in total. The molecule has 0 fully saturated rings. The zero-order chi connectivity index (χ0) is 22.2. The van der Waals surface area contributed by atoms with E-state index < -0.39 is 0 Å². The minimum absolute atomic E-state index is 0.103. The molecule has 3 rings (SSSR count). The van der Waals surface area contributed by atoms with Crippen LogP contribution in [0, 0.1) is 7.14 Å². The fourth-order valence-electron chi connectivity index (χ4n) is 2.50. The monoisotopic (exact) mass is 679 g/mol. The summed E-state index contributed by atoms with van der Waals surface area (Å²) >= 11 is 16.2. The largest absolute Gasteiger partial charge is 0.487 e. The number of hydrogen-bond donors (Lipinski definition) is 2. The SMILES string of the molecule is O=C(CNc1ccc(Cl)cc1)N/N=C\c1cc(I)c(OCc2ccc(Cl)cc2)c(I)c1. The first-order chi connectivity index (χ1) is 14.9. The van der Waals surface area contributed by atoms with E-state index in [2.05, 4.69) is 61.0 Å². The van der Waals surface area contributed by atoms with Gasteiger partial charge in [0, 0.05) is 15.7 Å². The van der Waals surface area contributed by atoms with E-state index in [9.17, 15) is 4.79 Å². The van der Waals surface area contributed by atoms with E-state index in [0.717, 1.165) is 29.7 Å². The average molecular weight is 680 g/mol. The molecule has 0 radical (unpaired) electrons. The summed E-state index contributed by atoms with van der Waals surface area (Å²) in [5.41, 5.74) is 5.22.